The van der Waals surface area contributed by atoms with Gasteiger partial charge in [0, 0.05) is 6.42 Å². The van der Waals surface area contributed by atoms with Gasteiger partial charge in [-0.1, -0.05) is 49.9 Å². The highest BCUT2D eigenvalue weighted by molar-refractivity contribution is 5.86. The quantitative estimate of drug-likeness (QED) is 0.428. The summed E-state index contributed by atoms with van der Waals surface area (Å²) in [5, 5.41) is 38.0. The van der Waals surface area contributed by atoms with Crippen molar-refractivity contribution in [1.82, 2.24) is 0 Å². The van der Waals surface area contributed by atoms with Gasteiger partial charge in [-0.2, -0.15) is 0 Å². The molecule has 0 aliphatic carbocycles. The Balaban J connectivity index is 2.20. The van der Waals surface area contributed by atoms with Crippen molar-refractivity contribution in [1.29, 1.82) is 0 Å². The van der Waals surface area contributed by atoms with E-state index in [4.69, 9.17) is 5.11 Å². The Morgan fingerprint density at radius 2 is 1.11 bits per heavy atom. The SMILES string of the molecule is O=C(O)CCCCCCCC(C(=O)O)(c1ccc(O)cc1)c1ccc(O)cc1. The van der Waals surface area contributed by atoms with E-state index in [2.05, 4.69) is 0 Å². The van der Waals surface area contributed by atoms with Crippen LogP contribution in [0, 0.1) is 0 Å². The lowest BCUT2D eigenvalue weighted by Gasteiger charge is -2.31. The number of carboxylic acids is 2. The standard InChI is InChI=1S/C22H26O6/c23-18-11-7-16(8-12-18)22(21(27)28,17-9-13-19(24)14-10-17)15-5-3-1-2-4-6-20(25)26/h7-14,23-24H,1-6,15H2,(H,25,26)(H,27,28). The maximum atomic E-state index is 12.4. The van der Waals surface area contributed by atoms with Gasteiger partial charge in [0.2, 0.25) is 0 Å². The lowest BCUT2D eigenvalue weighted by Crippen LogP contribution is -2.37. The number of aliphatic carboxylic acids is 2. The van der Waals surface area contributed by atoms with E-state index < -0.39 is 17.4 Å². The van der Waals surface area contributed by atoms with Crippen LogP contribution in [0.5, 0.6) is 11.5 Å². The van der Waals surface area contributed by atoms with Gasteiger partial charge in [0.1, 0.15) is 16.9 Å². The Bertz CT molecular complexity index is 734. The van der Waals surface area contributed by atoms with E-state index in [0.29, 0.717) is 30.4 Å². The average Bonchev–Trinajstić information content (AvgIpc) is 2.65. The number of rotatable bonds is 11. The minimum absolute atomic E-state index is 0.0622. The van der Waals surface area contributed by atoms with Gasteiger partial charge in [0.05, 0.1) is 0 Å². The van der Waals surface area contributed by atoms with Crippen LogP contribution in [0.15, 0.2) is 48.5 Å². The van der Waals surface area contributed by atoms with E-state index in [0.717, 1.165) is 19.3 Å². The van der Waals surface area contributed by atoms with Gasteiger partial charge < -0.3 is 20.4 Å². The van der Waals surface area contributed by atoms with Crippen molar-refractivity contribution in [3.63, 3.8) is 0 Å². The highest BCUT2D eigenvalue weighted by Crippen LogP contribution is 2.39. The van der Waals surface area contributed by atoms with E-state index in [1.54, 1.807) is 24.3 Å². The predicted octanol–water partition coefficient (Wildman–Crippen LogP) is 4.28. The third-order valence-corrected chi connectivity index (χ3v) is 5.03. The van der Waals surface area contributed by atoms with Crippen molar-refractivity contribution in [3.05, 3.63) is 59.7 Å². The van der Waals surface area contributed by atoms with Crippen molar-refractivity contribution >= 4 is 11.9 Å². The summed E-state index contributed by atoms with van der Waals surface area (Å²) in [6.45, 7) is 0. The van der Waals surface area contributed by atoms with Crippen molar-refractivity contribution in [2.45, 2.75) is 50.4 Å². The summed E-state index contributed by atoms with van der Waals surface area (Å²) < 4.78 is 0. The minimum atomic E-state index is -1.29. The van der Waals surface area contributed by atoms with Crippen molar-refractivity contribution in [2.24, 2.45) is 0 Å². The second-order valence-electron chi connectivity index (χ2n) is 6.97. The molecule has 4 N–H and O–H groups in total. The number of hydrogen-bond acceptors (Lipinski definition) is 4. The lowest BCUT2D eigenvalue weighted by atomic mass is 9.71. The van der Waals surface area contributed by atoms with E-state index >= 15 is 0 Å². The fourth-order valence-electron chi connectivity index (χ4n) is 3.50. The first-order valence-corrected chi connectivity index (χ1v) is 9.40. The van der Waals surface area contributed by atoms with Crippen LogP contribution >= 0.6 is 0 Å². The van der Waals surface area contributed by atoms with Crippen LogP contribution in [-0.4, -0.2) is 32.4 Å². The second-order valence-corrected chi connectivity index (χ2v) is 6.97. The monoisotopic (exact) mass is 386 g/mol. The summed E-state index contributed by atoms with van der Waals surface area (Å²) in [5.74, 6) is -1.67. The number of benzene rings is 2. The predicted molar refractivity (Wildman–Crippen MR) is 105 cm³/mol. The third kappa shape index (κ3) is 5.25. The molecule has 6 nitrogen and oxygen atoms in total. The summed E-state index contributed by atoms with van der Waals surface area (Å²) in [7, 11) is 0. The zero-order valence-electron chi connectivity index (χ0n) is 15.7. The number of phenols is 2. The van der Waals surface area contributed by atoms with Crippen LogP contribution in [0.4, 0.5) is 0 Å². The third-order valence-electron chi connectivity index (χ3n) is 5.03. The van der Waals surface area contributed by atoms with Gasteiger partial charge >= 0.3 is 11.9 Å². The van der Waals surface area contributed by atoms with Crippen LogP contribution in [-0.2, 0) is 15.0 Å². The van der Waals surface area contributed by atoms with E-state index in [1.165, 1.54) is 24.3 Å². The molecule has 0 bridgehead atoms. The molecule has 0 saturated carbocycles. The van der Waals surface area contributed by atoms with Crippen LogP contribution in [0.1, 0.15) is 56.1 Å². The molecule has 6 heteroatoms. The van der Waals surface area contributed by atoms with Gasteiger partial charge in [-0.25, -0.2) is 0 Å². The van der Waals surface area contributed by atoms with E-state index in [1.807, 2.05) is 0 Å². The van der Waals surface area contributed by atoms with Gasteiger partial charge in [-0.3, -0.25) is 9.59 Å². The molecular formula is C22H26O6. The van der Waals surface area contributed by atoms with Crippen LogP contribution in [0.25, 0.3) is 0 Å². The molecule has 28 heavy (non-hydrogen) atoms. The van der Waals surface area contributed by atoms with E-state index in [9.17, 15) is 24.9 Å². The summed E-state index contributed by atoms with van der Waals surface area (Å²) >= 11 is 0. The number of phenolic OH excluding ortho intramolecular Hbond substituents is 2. The van der Waals surface area contributed by atoms with Gasteiger partial charge in [-0.05, 0) is 48.2 Å². The Labute approximate surface area is 164 Å². The van der Waals surface area contributed by atoms with Crippen molar-refractivity contribution in [2.75, 3.05) is 0 Å². The lowest BCUT2D eigenvalue weighted by molar-refractivity contribution is -0.142. The highest BCUT2D eigenvalue weighted by Gasteiger charge is 2.41. The molecule has 0 spiro atoms. The number of carboxylic acid groups (broad SMARTS) is 2. The molecule has 0 atom stereocenters. The van der Waals surface area contributed by atoms with Crippen LogP contribution in [0.3, 0.4) is 0 Å². The molecule has 0 unspecified atom stereocenters. The maximum Gasteiger partial charge on any atom is 0.318 e. The normalized spacial score (nSPS) is 11.3. The second kappa shape index (κ2) is 9.78. The number of carbonyl (C=O) groups is 2. The summed E-state index contributed by atoms with van der Waals surface area (Å²) in [4.78, 5) is 23.0. The van der Waals surface area contributed by atoms with Crippen LogP contribution < -0.4 is 0 Å². The van der Waals surface area contributed by atoms with Gasteiger partial charge in [0.15, 0.2) is 0 Å². The molecule has 2 rings (SSSR count). The average molecular weight is 386 g/mol. The molecule has 2 aromatic rings. The molecule has 0 aliphatic heterocycles. The summed E-state index contributed by atoms with van der Waals surface area (Å²) in [6.07, 6.45) is 4.22. The zero-order valence-corrected chi connectivity index (χ0v) is 15.7. The fraction of sp³-hybridized carbons (Fsp3) is 0.364. The summed E-state index contributed by atoms with van der Waals surface area (Å²) in [5.41, 5.74) is -0.161. The molecule has 2 aromatic carbocycles. The molecule has 150 valence electrons. The first-order valence-electron chi connectivity index (χ1n) is 9.40. The Morgan fingerprint density at radius 1 is 0.679 bits per heavy atom. The van der Waals surface area contributed by atoms with Crippen molar-refractivity contribution < 1.29 is 30.0 Å². The van der Waals surface area contributed by atoms with Crippen molar-refractivity contribution in [3.8, 4) is 11.5 Å². The first kappa shape index (κ1) is 21.3. The molecule has 0 saturated heterocycles. The molecule has 0 aliphatic rings. The molecule has 0 fully saturated rings. The Kier molecular flexibility index (Phi) is 7.44. The topological polar surface area (TPSA) is 115 Å². The molecule has 0 heterocycles. The summed E-state index contributed by atoms with van der Waals surface area (Å²) in [6, 6.07) is 12.3. The number of aromatic hydroxyl groups is 2. The highest BCUT2D eigenvalue weighted by atomic mass is 16.4. The van der Waals surface area contributed by atoms with E-state index in [-0.39, 0.29) is 17.9 Å². The Morgan fingerprint density at radius 3 is 1.54 bits per heavy atom. The number of unbranched alkanes of at least 4 members (excludes halogenated alkanes) is 4. The molecular weight excluding hydrogens is 360 g/mol. The molecule has 0 aromatic heterocycles. The van der Waals surface area contributed by atoms with Crippen LogP contribution in [0.2, 0.25) is 0 Å². The Hall–Kier alpha value is -3.02. The maximum absolute atomic E-state index is 12.4. The largest absolute Gasteiger partial charge is 0.508 e. The molecule has 0 radical (unpaired) electrons. The number of hydrogen-bond donors (Lipinski definition) is 4. The zero-order chi connectivity index (χ0) is 20.6. The fourth-order valence-corrected chi connectivity index (χ4v) is 3.50. The van der Waals surface area contributed by atoms with Gasteiger partial charge in [0.25, 0.3) is 0 Å². The molecule has 0 amide bonds. The first-order chi connectivity index (χ1) is 13.4. The minimum Gasteiger partial charge on any atom is -0.508 e. The van der Waals surface area contributed by atoms with Gasteiger partial charge in [-0.15, -0.1) is 0 Å². The smallest absolute Gasteiger partial charge is 0.318 e.